The van der Waals surface area contributed by atoms with Gasteiger partial charge in [-0.25, -0.2) is 4.39 Å². The summed E-state index contributed by atoms with van der Waals surface area (Å²) in [6.07, 6.45) is 0. The van der Waals surface area contributed by atoms with Gasteiger partial charge < -0.3 is 0 Å². The quantitative estimate of drug-likeness (QED) is 0.640. The summed E-state index contributed by atoms with van der Waals surface area (Å²) >= 11 is 9.82. The van der Waals surface area contributed by atoms with Gasteiger partial charge in [-0.1, -0.05) is 17.7 Å². The van der Waals surface area contributed by atoms with Crippen LogP contribution in [0, 0.1) is 5.82 Å². The molecular formula is C6H3ClFNS. The maximum absolute atomic E-state index is 12.6. The minimum Gasteiger partial charge on any atom is -0.205 e. The summed E-state index contributed by atoms with van der Waals surface area (Å²) in [7, 11) is 0. The van der Waals surface area contributed by atoms with Crippen molar-refractivity contribution < 1.29 is 4.39 Å². The number of benzene rings is 1. The fourth-order valence-corrected chi connectivity index (χ4v) is 1.02. The molecule has 1 aromatic rings. The first-order valence-corrected chi connectivity index (χ1v) is 3.27. The van der Waals surface area contributed by atoms with Crippen LogP contribution in [0.1, 0.15) is 0 Å². The molecule has 0 heterocycles. The molecule has 0 N–H and O–H groups in total. The molecule has 0 unspecified atom stereocenters. The number of hydrogen-bond donors (Lipinski definition) is 0. The molecule has 0 aliphatic heterocycles. The predicted molar refractivity (Wildman–Crippen MR) is 40.9 cm³/mol. The average molecular weight is 176 g/mol. The fraction of sp³-hybridized carbons (Fsp3) is 0. The maximum atomic E-state index is 12.6. The summed E-state index contributed by atoms with van der Waals surface area (Å²) < 4.78 is 15.9. The Bertz CT molecular complexity index is 244. The van der Waals surface area contributed by atoms with Crippen LogP contribution in [0.25, 0.3) is 0 Å². The average Bonchev–Trinajstić information content (AvgIpc) is 1.88. The van der Waals surface area contributed by atoms with E-state index in [2.05, 4.69) is 16.8 Å². The molecule has 0 saturated heterocycles. The lowest BCUT2D eigenvalue weighted by molar-refractivity contribution is 0.630. The lowest BCUT2D eigenvalue weighted by Gasteiger charge is -1.94. The van der Waals surface area contributed by atoms with E-state index in [4.69, 9.17) is 11.6 Å². The van der Waals surface area contributed by atoms with Crippen LogP contribution in [0.5, 0.6) is 0 Å². The van der Waals surface area contributed by atoms with Crippen molar-refractivity contribution in [2.75, 3.05) is 0 Å². The zero-order valence-corrected chi connectivity index (χ0v) is 6.42. The molecule has 0 aliphatic carbocycles. The van der Waals surface area contributed by atoms with E-state index in [9.17, 15) is 4.39 Å². The van der Waals surface area contributed by atoms with Crippen LogP contribution >= 0.6 is 11.6 Å². The third kappa shape index (κ3) is 1.30. The van der Waals surface area contributed by atoms with Gasteiger partial charge in [0, 0.05) is 12.4 Å². The SMILES string of the molecule is Fc1cccc(Cl)c1N=S. The van der Waals surface area contributed by atoms with Gasteiger partial charge in [0.1, 0.15) is 5.69 Å². The Hall–Kier alpha value is -0.540. The topological polar surface area (TPSA) is 12.4 Å². The zero-order valence-electron chi connectivity index (χ0n) is 4.84. The van der Waals surface area contributed by atoms with Gasteiger partial charge in [-0.05, 0) is 12.1 Å². The van der Waals surface area contributed by atoms with Crippen LogP contribution in [-0.2, 0) is 12.4 Å². The maximum Gasteiger partial charge on any atom is 0.151 e. The highest BCUT2D eigenvalue weighted by Crippen LogP contribution is 2.26. The van der Waals surface area contributed by atoms with E-state index < -0.39 is 5.82 Å². The number of nitrogens with zero attached hydrogens (tertiary/aromatic N) is 1. The number of halogens is 2. The Kier molecular flexibility index (Phi) is 2.29. The second kappa shape index (κ2) is 3.03. The van der Waals surface area contributed by atoms with E-state index in [1.165, 1.54) is 18.2 Å². The molecule has 0 radical (unpaired) electrons. The van der Waals surface area contributed by atoms with Gasteiger partial charge in [0.2, 0.25) is 0 Å². The molecule has 0 fully saturated rings. The van der Waals surface area contributed by atoms with E-state index in [0.717, 1.165) is 0 Å². The van der Waals surface area contributed by atoms with Gasteiger partial charge in [0.25, 0.3) is 0 Å². The summed E-state index contributed by atoms with van der Waals surface area (Å²) in [5, 5.41) is 0.245. The van der Waals surface area contributed by atoms with Crippen molar-refractivity contribution in [1.29, 1.82) is 0 Å². The highest BCUT2D eigenvalue weighted by atomic mass is 35.5. The summed E-state index contributed by atoms with van der Waals surface area (Å²) in [6, 6.07) is 4.30. The largest absolute Gasteiger partial charge is 0.205 e. The summed E-state index contributed by atoms with van der Waals surface area (Å²) in [6.45, 7) is 0. The van der Waals surface area contributed by atoms with Crippen molar-refractivity contribution in [3.8, 4) is 0 Å². The minimum absolute atomic E-state index is 0.0409. The van der Waals surface area contributed by atoms with Gasteiger partial charge in [0.05, 0.1) is 5.02 Å². The van der Waals surface area contributed by atoms with E-state index in [1.54, 1.807) is 0 Å². The van der Waals surface area contributed by atoms with E-state index >= 15 is 0 Å². The van der Waals surface area contributed by atoms with Crippen molar-refractivity contribution in [1.82, 2.24) is 0 Å². The van der Waals surface area contributed by atoms with Gasteiger partial charge in [-0.2, -0.15) is 4.36 Å². The first-order chi connectivity index (χ1) is 4.75. The van der Waals surface area contributed by atoms with Crippen LogP contribution in [0.15, 0.2) is 22.6 Å². The lowest BCUT2D eigenvalue weighted by atomic mass is 10.3. The molecule has 1 nitrogen and oxygen atoms in total. The molecule has 0 spiro atoms. The second-order valence-electron chi connectivity index (χ2n) is 1.66. The molecular weight excluding hydrogens is 173 g/mol. The smallest absolute Gasteiger partial charge is 0.151 e. The summed E-state index contributed by atoms with van der Waals surface area (Å²) in [4.78, 5) is 0. The van der Waals surface area contributed by atoms with Crippen molar-refractivity contribution in [3.63, 3.8) is 0 Å². The predicted octanol–water partition coefficient (Wildman–Crippen LogP) is 2.84. The van der Waals surface area contributed by atoms with Crippen LogP contribution in [0.2, 0.25) is 5.02 Å². The first kappa shape index (κ1) is 7.57. The Morgan fingerprint density at radius 2 is 2.20 bits per heavy atom. The van der Waals surface area contributed by atoms with Crippen molar-refractivity contribution in [2.24, 2.45) is 4.36 Å². The van der Waals surface area contributed by atoms with Crippen molar-refractivity contribution in [2.45, 2.75) is 0 Å². The van der Waals surface area contributed by atoms with E-state index in [0.29, 0.717) is 0 Å². The van der Waals surface area contributed by atoms with Crippen LogP contribution in [-0.4, -0.2) is 0 Å². The Morgan fingerprint density at radius 1 is 1.50 bits per heavy atom. The number of rotatable bonds is 1. The lowest BCUT2D eigenvalue weighted by Crippen LogP contribution is -1.74. The van der Waals surface area contributed by atoms with Crippen molar-refractivity contribution >= 4 is 29.7 Å². The van der Waals surface area contributed by atoms with Crippen LogP contribution in [0.3, 0.4) is 0 Å². The van der Waals surface area contributed by atoms with Gasteiger partial charge in [-0.3, -0.25) is 0 Å². The molecule has 0 amide bonds. The Morgan fingerprint density at radius 3 is 2.60 bits per heavy atom. The highest BCUT2D eigenvalue weighted by molar-refractivity contribution is 7.47. The molecule has 10 heavy (non-hydrogen) atoms. The normalized spacial score (nSPS) is 9.40. The molecule has 0 aromatic heterocycles. The van der Waals surface area contributed by atoms with E-state index in [-0.39, 0.29) is 10.7 Å². The molecule has 1 rings (SSSR count). The van der Waals surface area contributed by atoms with Crippen molar-refractivity contribution in [3.05, 3.63) is 29.0 Å². The second-order valence-corrected chi connectivity index (χ2v) is 2.25. The highest BCUT2D eigenvalue weighted by Gasteiger charge is 2.02. The third-order valence-corrected chi connectivity index (χ3v) is 1.52. The summed E-state index contributed by atoms with van der Waals surface area (Å²) in [5.41, 5.74) is 0.0409. The Balaban J connectivity index is 3.30. The van der Waals surface area contributed by atoms with E-state index in [1.807, 2.05) is 0 Å². The molecule has 52 valence electrons. The standard InChI is InChI=1S/C6H3ClFNS/c7-4-2-1-3-5(8)6(4)9-10/h1-3H. The number of hydrogen-bond acceptors (Lipinski definition) is 2. The molecule has 0 bridgehead atoms. The van der Waals surface area contributed by atoms with Crippen LogP contribution in [0.4, 0.5) is 10.1 Å². The minimum atomic E-state index is -0.484. The van der Waals surface area contributed by atoms with Crippen LogP contribution < -0.4 is 0 Å². The zero-order chi connectivity index (χ0) is 7.56. The first-order valence-electron chi connectivity index (χ1n) is 2.53. The van der Waals surface area contributed by atoms with Gasteiger partial charge in [-0.15, -0.1) is 0 Å². The fourth-order valence-electron chi connectivity index (χ4n) is 0.576. The molecule has 0 atom stereocenters. The molecule has 4 heteroatoms. The molecule has 0 aliphatic rings. The molecule has 0 saturated carbocycles. The summed E-state index contributed by atoms with van der Waals surface area (Å²) in [5.74, 6) is -0.484. The third-order valence-electron chi connectivity index (χ3n) is 1.03. The Labute approximate surface area is 68.0 Å². The van der Waals surface area contributed by atoms with Gasteiger partial charge >= 0.3 is 0 Å². The molecule has 1 aromatic carbocycles. The van der Waals surface area contributed by atoms with Gasteiger partial charge in [0.15, 0.2) is 5.82 Å². The monoisotopic (exact) mass is 175 g/mol.